The minimum atomic E-state index is -4.71. The molecule has 0 radical (unpaired) electrons. The van der Waals surface area contributed by atoms with Gasteiger partial charge in [-0.2, -0.15) is 13.2 Å². The maximum absolute atomic E-state index is 13.8. The Kier molecular flexibility index (Phi) is 5.11. The Balaban J connectivity index is 2.34. The number of rotatable bonds is 5. The molecule has 1 aromatic rings. The van der Waals surface area contributed by atoms with E-state index >= 15 is 0 Å². The van der Waals surface area contributed by atoms with Gasteiger partial charge in [0.1, 0.15) is 0 Å². The van der Waals surface area contributed by atoms with E-state index in [9.17, 15) is 13.2 Å². The van der Waals surface area contributed by atoms with E-state index in [0.29, 0.717) is 5.56 Å². The second kappa shape index (κ2) is 6.54. The van der Waals surface area contributed by atoms with Gasteiger partial charge in [0.2, 0.25) is 11.4 Å². The minimum absolute atomic E-state index is 0.0751. The molecule has 1 fully saturated rings. The van der Waals surface area contributed by atoms with Crippen LogP contribution in [0.15, 0.2) is 30.3 Å². The zero-order valence-electron chi connectivity index (χ0n) is 12.5. The van der Waals surface area contributed by atoms with Gasteiger partial charge >= 0.3 is 6.18 Å². The second-order valence-electron chi connectivity index (χ2n) is 5.06. The molecule has 1 atom stereocenters. The van der Waals surface area contributed by atoms with Gasteiger partial charge in [-0.25, -0.2) is 0 Å². The average molecular weight is 320 g/mol. The Labute approximate surface area is 127 Å². The van der Waals surface area contributed by atoms with Gasteiger partial charge in [0.05, 0.1) is 19.8 Å². The molecule has 1 aliphatic heterocycles. The Morgan fingerprint density at radius 2 is 1.77 bits per heavy atom. The van der Waals surface area contributed by atoms with E-state index in [2.05, 4.69) is 0 Å². The van der Waals surface area contributed by atoms with Gasteiger partial charge in [0.15, 0.2) is 0 Å². The van der Waals surface area contributed by atoms with Gasteiger partial charge in [-0.15, -0.1) is 0 Å². The molecule has 1 heterocycles. The molecule has 124 valence electrons. The van der Waals surface area contributed by atoms with Crippen molar-refractivity contribution < 1.29 is 32.1 Å². The Hall–Kier alpha value is -1.15. The van der Waals surface area contributed by atoms with Gasteiger partial charge < -0.3 is 18.9 Å². The lowest BCUT2D eigenvalue weighted by Gasteiger charge is -2.50. The smallest absolute Gasteiger partial charge is 0.378 e. The molecule has 4 nitrogen and oxygen atoms in total. The molecule has 0 bridgehead atoms. The predicted molar refractivity (Wildman–Crippen MR) is 72.2 cm³/mol. The highest BCUT2D eigenvalue weighted by Crippen LogP contribution is 2.48. The van der Waals surface area contributed by atoms with Crippen LogP contribution in [0.25, 0.3) is 0 Å². The molecule has 1 saturated heterocycles. The predicted octanol–water partition coefficient (Wildman–Crippen LogP) is 2.91. The fraction of sp³-hybridized carbons (Fsp3) is 0.600. The first-order valence-corrected chi connectivity index (χ1v) is 6.83. The summed E-state index contributed by atoms with van der Waals surface area (Å²) in [5, 5.41) is 0. The van der Waals surface area contributed by atoms with Crippen LogP contribution in [0.5, 0.6) is 0 Å². The molecule has 0 aromatic heterocycles. The lowest BCUT2D eigenvalue weighted by Crippen LogP contribution is -2.71. The SMILES string of the molecule is COC1(OC)CCOCC1(OCc1ccccc1)C(F)(F)F. The first-order valence-electron chi connectivity index (χ1n) is 6.83. The molecule has 22 heavy (non-hydrogen) atoms. The van der Waals surface area contributed by atoms with Crippen LogP contribution in [-0.2, 0) is 25.6 Å². The van der Waals surface area contributed by atoms with E-state index in [1.54, 1.807) is 30.3 Å². The monoisotopic (exact) mass is 320 g/mol. The molecular weight excluding hydrogens is 301 g/mol. The van der Waals surface area contributed by atoms with Crippen molar-refractivity contribution in [3.63, 3.8) is 0 Å². The lowest BCUT2D eigenvalue weighted by atomic mass is 9.87. The first-order chi connectivity index (χ1) is 10.4. The van der Waals surface area contributed by atoms with E-state index < -0.39 is 24.2 Å². The van der Waals surface area contributed by atoms with Crippen molar-refractivity contribution in [3.05, 3.63) is 35.9 Å². The molecule has 0 N–H and O–H groups in total. The third-order valence-corrected chi connectivity index (χ3v) is 3.94. The van der Waals surface area contributed by atoms with Crippen molar-refractivity contribution in [1.82, 2.24) is 0 Å². The quantitative estimate of drug-likeness (QED) is 0.782. The summed E-state index contributed by atoms with van der Waals surface area (Å²) < 4.78 is 62.0. The van der Waals surface area contributed by atoms with Gasteiger partial charge in [-0.1, -0.05) is 30.3 Å². The Morgan fingerprint density at radius 1 is 1.14 bits per heavy atom. The van der Waals surface area contributed by atoms with Crippen LogP contribution in [0.2, 0.25) is 0 Å². The molecule has 2 rings (SSSR count). The summed E-state index contributed by atoms with van der Waals surface area (Å²) in [4.78, 5) is 0. The summed E-state index contributed by atoms with van der Waals surface area (Å²) >= 11 is 0. The largest absolute Gasteiger partial charge is 0.425 e. The van der Waals surface area contributed by atoms with Crippen LogP contribution in [-0.4, -0.2) is 45.0 Å². The summed E-state index contributed by atoms with van der Waals surface area (Å²) in [7, 11) is 2.36. The maximum atomic E-state index is 13.8. The van der Waals surface area contributed by atoms with Gasteiger partial charge in [-0.3, -0.25) is 0 Å². The van der Waals surface area contributed by atoms with Crippen LogP contribution >= 0.6 is 0 Å². The van der Waals surface area contributed by atoms with Gasteiger partial charge in [0.25, 0.3) is 0 Å². The van der Waals surface area contributed by atoms with Crippen molar-refractivity contribution in [3.8, 4) is 0 Å². The normalized spacial score (nSPS) is 25.1. The van der Waals surface area contributed by atoms with E-state index in [-0.39, 0.29) is 19.6 Å². The Morgan fingerprint density at radius 3 is 2.32 bits per heavy atom. The molecule has 1 unspecified atom stereocenters. The summed E-state index contributed by atoms with van der Waals surface area (Å²) in [5.41, 5.74) is -2.06. The van der Waals surface area contributed by atoms with Crippen molar-refractivity contribution in [2.75, 3.05) is 27.4 Å². The standard InChI is InChI=1S/C15H19F3O4/c1-19-14(20-2)8-9-21-11-13(14,15(16,17)18)22-10-12-6-4-3-5-7-12/h3-7H,8-11H2,1-2H3. The van der Waals surface area contributed by atoms with Crippen LogP contribution < -0.4 is 0 Å². The number of benzene rings is 1. The van der Waals surface area contributed by atoms with Crippen molar-refractivity contribution >= 4 is 0 Å². The minimum Gasteiger partial charge on any atom is -0.378 e. The van der Waals surface area contributed by atoms with E-state index in [1.165, 1.54) is 14.2 Å². The van der Waals surface area contributed by atoms with Gasteiger partial charge in [0, 0.05) is 20.6 Å². The van der Waals surface area contributed by atoms with E-state index in [1.807, 2.05) is 0 Å². The molecular formula is C15H19F3O4. The maximum Gasteiger partial charge on any atom is 0.425 e. The fourth-order valence-electron chi connectivity index (χ4n) is 2.66. The number of hydrogen-bond acceptors (Lipinski definition) is 4. The number of halogens is 3. The highest BCUT2D eigenvalue weighted by molar-refractivity contribution is 5.14. The number of ether oxygens (including phenoxy) is 4. The summed E-state index contributed by atoms with van der Waals surface area (Å²) in [6, 6.07) is 8.62. The van der Waals surface area contributed by atoms with Crippen LogP contribution in [0.1, 0.15) is 12.0 Å². The Bertz CT molecular complexity index is 473. The van der Waals surface area contributed by atoms with E-state index in [0.717, 1.165) is 0 Å². The molecule has 0 aliphatic carbocycles. The van der Waals surface area contributed by atoms with Crippen LogP contribution in [0.3, 0.4) is 0 Å². The van der Waals surface area contributed by atoms with E-state index in [4.69, 9.17) is 18.9 Å². The van der Waals surface area contributed by atoms with Gasteiger partial charge in [-0.05, 0) is 5.56 Å². The van der Waals surface area contributed by atoms with Crippen molar-refractivity contribution in [1.29, 1.82) is 0 Å². The molecule has 1 aliphatic rings. The summed E-state index contributed by atoms with van der Waals surface area (Å²) in [6.45, 7) is -0.794. The summed E-state index contributed by atoms with van der Waals surface area (Å²) in [6.07, 6.45) is -4.79. The van der Waals surface area contributed by atoms with Crippen LogP contribution in [0, 0.1) is 0 Å². The number of methoxy groups -OCH3 is 2. The number of alkyl halides is 3. The third kappa shape index (κ3) is 2.86. The lowest BCUT2D eigenvalue weighted by molar-refractivity contribution is -0.424. The molecule has 0 saturated carbocycles. The molecule has 0 spiro atoms. The number of hydrogen-bond donors (Lipinski definition) is 0. The zero-order chi connectivity index (χ0) is 16.3. The van der Waals surface area contributed by atoms with Crippen LogP contribution in [0.4, 0.5) is 13.2 Å². The van der Waals surface area contributed by atoms with Crippen molar-refractivity contribution in [2.45, 2.75) is 30.6 Å². The fourth-order valence-corrected chi connectivity index (χ4v) is 2.66. The average Bonchev–Trinajstić information content (AvgIpc) is 2.53. The molecule has 1 aromatic carbocycles. The molecule has 0 amide bonds. The molecule has 7 heteroatoms. The zero-order valence-corrected chi connectivity index (χ0v) is 12.5. The first kappa shape index (κ1) is 17.2. The third-order valence-electron chi connectivity index (χ3n) is 3.94. The highest BCUT2D eigenvalue weighted by atomic mass is 19.4. The summed E-state index contributed by atoms with van der Waals surface area (Å²) in [5.74, 6) is -1.93. The highest BCUT2D eigenvalue weighted by Gasteiger charge is 2.71. The second-order valence-corrected chi connectivity index (χ2v) is 5.06. The topological polar surface area (TPSA) is 36.9 Å². The van der Waals surface area contributed by atoms with Crippen molar-refractivity contribution in [2.24, 2.45) is 0 Å².